The van der Waals surface area contributed by atoms with E-state index in [1.54, 1.807) is 12.1 Å². The monoisotopic (exact) mass is 354 g/mol. The SMILES string of the molecule is CN(C)S(=O)(=O)c1ccc(NC(=O)[C@H]2CCCN(C(N)=O)C2)cc1. The Bertz CT molecular complexity index is 715. The topological polar surface area (TPSA) is 113 Å². The predicted molar refractivity (Wildman–Crippen MR) is 89.8 cm³/mol. The molecule has 0 bridgehead atoms. The molecule has 0 saturated carbocycles. The van der Waals surface area contributed by atoms with Gasteiger partial charge in [0.2, 0.25) is 15.9 Å². The first-order valence-corrected chi connectivity index (χ1v) is 9.03. The average molecular weight is 354 g/mol. The Labute approximate surface area is 141 Å². The van der Waals surface area contributed by atoms with Gasteiger partial charge in [0.1, 0.15) is 0 Å². The van der Waals surface area contributed by atoms with Crippen LogP contribution in [0.1, 0.15) is 12.8 Å². The van der Waals surface area contributed by atoms with Crippen LogP contribution in [0.15, 0.2) is 29.2 Å². The average Bonchev–Trinajstić information content (AvgIpc) is 2.55. The Balaban J connectivity index is 2.03. The number of benzene rings is 1. The third-order valence-corrected chi connectivity index (χ3v) is 5.83. The fourth-order valence-corrected chi connectivity index (χ4v) is 3.46. The number of nitrogens with zero attached hydrogens (tertiary/aromatic N) is 2. The lowest BCUT2D eigenvalue weighted by molar-refractivity contribution is -0.121. The number of hydrogen-bond acceptors (Lipinski definition) is 4. The van der Waals surface area contributed by atoms with Crippen molar-refractivity contribution in [1.82, 2.24) is 9.21 Å². The number of carbonyl (C=O) groups is 2. The van der Waals surface area contributed by atoms with Crippen LogP contribution in [0.5, 0.6) is 0 Å². The third kappa shape index (κ3) is 4.04. The van der Waals surface area contributed by atoms with Crippen LogP contribution in [0.25, 0.3) is 0 Å². The van der Waals surface area contributed by atoms with Crippen LogP contribution in [0.3, 0.4) is 0 Å². The molecule has 1 aromatic carbocycles. The number of sulfonamides is 1. The first-order valence-electron chi connectivity index (χ1n) is 7.59. The number of carbonyl (C=O) groups excluding carboxylic acids is 2. The molecule has 1 atom stereocenters. The molecule has 3 amide bonds. The molecule has 0 unspecified atom stereocenters. The second-order valence-electron chi connectivity index (χ2n) is 5.92. The highest BCUT2D eigenvalue weighted by molar-refractivity contribution is 7.89. The van der Waals surface area contributed by atoms with Gasteiger partial charge in [-0.05, 0) is 37.1 Å². The number of nitrogens with two attached hydrogens (primary N) is 1. The summed E-state index contributed by atoms with van der Waals surface area (Å²) in [6.45, 7) is 0.866. The fourth-order valence-electron chi connectivity index (χ4n) is 2.56. The van der Waals surface area contributed by atoms with Crippen LogP contribution in [0, 0.1) is 5.92 Å². The van der Waals surface area contributed by atoms with Gasteiger partial charge >= 0.3 is 6.03 Å². The molecule has 9 heteroatoms. The van der Waals surface area contributed by atoms with E-state index in [1.165, 1.54) is 31.1 Å². The maximum Gasteiger partial charge on any atom is 0.314 e. The second-order valence-corrected chi connectivity index (χ2v) is 8.08. The summed E-state index contributed by atoms with van der Waals surface area (Å²) >= 11 is 0. The Kier molecular flexibility index (Phi) is 5.45. The number of primary amides is 1. The van der Waals surface area contributed by atoms with Crippen molar-refractivity contribution in [2.45, 2.75) is 17.7 Å². The Morgan fingerprint density at radius 3 is 2.42 bits per heavy atom. The van der Waals surface area contributed by atoms with E-state index >= 15 is 0 Å². The molecule has 3 N–H and O–H groups in total. The summed E-state index contributed by atoms with van der Waals surface area (Å²) in [5.74, 6) is -0.527. The van der Waals surface area contributed by atoms with Crippen molar-refractivity contribution in [2.24, 2.45) is 11.7 Å². The van der Waals surface area contributed by atoms with Gasteiger partial charge in [-0.1, -0.05) is 0 Å². The largest absolute Gasteiger partial charge is 0.351 e. The number of urea groups is 1. The van der Waals surface area contributed by atoms with Crippen molar-refractivity contribution >= 4 is 27.6 Å². The van der Waals surface area contributed by atoms with E-state index in [2.05, 4.69) is 5.32 Å². The minimum Gasteiger partial charge on any atom is -0.351 e. The maximum atomic E-state index is 12.3. The van der Waals surface area contributed by atoms with Crippen molar-refractivity contribution in [3.63, 3.8) is 0 Å². The minimum atomic E-state index is -3.50. The highest BCUT2D eigenvalue weighted by Crippen LogP contribution is 2.20. The zero-order valence-corrected chi connectivity index (χ0v) is 14.5. The molecule has 0 radical (unpaired) electrons. The molecule has 0 aromatic heterocycles. The predicted octanol–water partition coefficient (Wildman–Crippen LogP) is 0.666. The van der Waals surface area contributed by atoms with Crippen LogP contribution >= 0.6 is 0 Å². The Morgan fingerprint density at radius 2 is 1.88 bits per heavy atom. The molecule has 24 heavy (non-hydrogen) atoms. The number of piperidine rings is 1. The molecule has 1 aromatic rings. The van der Waals surface area contributed by atoms with Gasteiger partial charge in [0, 0.05) is 32.9 Å². The minimum absolute atomic E-state index is 0.156. The van der Waals surface area contributed by atoms with Crippen LogP contribution in [-0.4, -0.2) is 56.7 Å². The summed E-state index contributed by atoms with van der Waals surface area (Å²) in [5.41, 5.74) is 5.77. The molecule has 0 aliphatic carbocycles. The summed E-state index contributed by atoms with van der Waals surface area (Å²) in [5, 5.41) is 2.75. The normalized spacial score (nSPS) is 18.5. The smallest absolute Gasteiger partial charge is 0.314 e. The summed E-state index contributed by atoms with van der Waals surface area (Å²) in [6.07, 6.45) is 1.41. The number of amides is 3. The molecular formula is C15H22N4O4S. The van der Waals surface area contributed by atoms with Gasteiger partial charge in [-0.2, -0.15) is 0 Å². The summed E-state index contributed by atoms with van der Waals surface area (Å²) in [7, 11) is -0.583. The van der Waals surface area contributed by atoms with E-state index in [1.807, 2.05) is 0 Å². The molecule has 2 rings (SSSR count). The van der Waals surface area contributed by atoms with E-state index in [9.17, 15) is 18.0 Å². The number of nitrogens with one attached hydrogen (secondary N) is 1. The second kappa shape index (κ2) is 7.18. The van der Waals surface area contributed by atoms with E-state index < -0.39 is 16.1 Å². The van der Waals surface area contributed by atoms with Crippen molar-refractivity contribution in [1.29, 1.82) is 0 Å². The molecule has 132 valence electrons. The standard InChI is InChI=1S/C15H22N4O4S/c1-18(2)24(22,23)13-7-5-12(6-8-13)17-14(20)11-4-3-9-19(10-11)15(16)21/h5-8,11H,3-4,9-10H2,1-2H3,(H2,16,21)(H,17,20)/t11-/m0/s1. The number of likely N-dealkylation sites (tertiary alicyclic amines) is 1. The zero-order chi connectivity index (χ0) is 17.9. The number of anilines is 1. The molecule has 1 heterocycles. The van der Waals surface area contributed by atoms with E-state index in [4.69, 9.17) is 5.73 Å². The highest BCUT2D eigenvalue weighted by Gasteiger charge is 2.27. The quantitative estimate of drug-likeness (QED) is 0.827. The van der Waals surface area contributed by atoms with Crippen molar-refractivity contribution in [3.05, 3.63) is 24.3 Å². The zero-order valence-electron chi connectivity index (χ0n) is 13.7. The van der Waals surface area contributed by atoms with Crippen LogP contribution in [-0.2, 0) is 14.8 Å². The van der Waals surface area contributed by atoms with Crippen molar-refractivity contribution in [3.8, 4) is 0 Å². The van der Waals surface area contributed by atoms with E-state index in [-0.39, 0.29) is 16.7 Å². The molecule has 1 saturated heterocycles. The molecular weight excluding hydrogens is 332 g/mol. The molecule has 1 fully saturated rings. The number of hydrogen-bond donors (Lipinski definition) is 2. The lowest BCUT2D eigenvalue weighted by atomic mass is 9.97. The molecule has 1 aliphatic heterocycles. The maximum absolute atomic E-state index is 12.3. The first kappa shape index (κ1) is 18.2. The molecule has 0 spiro atoms. The van der Waals surface area contributed by atoms with Gasteiger partial charge in [0.25, 0.3) is 0 Å². The van der Waals surface area contributed by atoms with Crippen molar-refractivity contribution in [2.75, 3.05) is 32.5 Å². The summed E-state index contributed by atoms with van der Waals surface area (Å²) < 4.78 is 25.1. The summed E-state index contributed by atoms with van der Waals surface area (Å²) in [4.78, 5) is 25.1. The lowest BCUT2D eigenvalue weighted by Crippen LogP contribution is -2.46. The van der Waals surface area contributed by atoms with Gasteiger partial charge in [-0.3, -0.25) is 4.79 Å². The van der Waals surface area contributed by atoms with Gasteiger partial charge in [-0.15, -0.1) is 0 Å². The first-order chi connectivity index (χ1) is 11.2. The Hall–Kier alpha value is -2.13. The van der Waals surface area contributed by atoms with Crippen LogP contribution < -0.4 is 11.1 Å². The lowest BCUT2D eigenvalue weighted by Gasteiger charge is -2.30. The van der Waals surface area contributed by atoms with Gasteiger partial charge in [0.15, 0.2) is 0 Å². The fraction of sp³-hybridized carbons (Fsp3) is 0.467. The van der Waals surface area contributed by atoms with Gasteiger partial charge in [-0.25, -0.2) is 17.5 Å². The van der Waals surface area contributed by atoms with Crippen LogP contribution in [0.4, 0.5) is 10.5 Å². The van der Waals surface area contributed by atoms with E-state index in [0.717, 1.165) is 10.7 Å². The van der Waals surface area contributed by atoms with Gasteiger partial charge in [0.05, 0.1) is 10.8 Å². The molecule has 1 aliphatic rings. The van der Waals surface area contributed by atoms with Crippen molar-refractivity contribution < 1.29 is 18.0 Å². The molecule has 8 nitrogen and oxygen atoms in total. The number of rotatable bonds is 4. The van der Waals surface area contributed by atoms with E-state index in [0.29, 0.717) is 25.2 Å². The van der Waals surface area contributed by atoms with Crippen LogP contribution in [0.2, 0.25) is 0 Å². The third-order valence-electron chi connectivity index (χ3n) is 4.00. The Morgan fingerprint density at radius 1 is 1.25 bits per heavy atom. The highest BCUT2D eigenvalue weighted by atomic mass is 32.2. The van der Waals surface area contributed by atoms with Gasteiger partial charge < -0.3 is 16.0 Å². The summed E-state index contributed by atoms with van der Waals surface area (Å²) in [6, 6.07) is 5.46.